The van der Waals surface area contributed by atoms with Gasteiger partial charge >= 0.3 is 10.1 Å². The van der Waals surface area contributed by atoms with Crippen LogP contribution in [0.5, 0.6) is 0 Å². The van der Waals surface area contributed by atoms with E-state index in [0.717, 1.165) is 6.07 Å². The Labute approximate surface area is 62.8 Å². The Hall–Kier alpha value is -1.21. The fraction of sp³-hybridized carbons (Fsp3) is 0. The first-order valence-electron chi connectivity index (χ1n) is 2.57. The average Bonchev–Trinajstić information content (AvgIpc) is 1.86. The molecule has 0 aliphatic heterocycles. The average molecular weight is 175 g/mol. The van der Waals surface area contributed by atoms with Crippen LogP contribution >= 0.6 is 0 Å². The van der Waals surface area contributed by atoms with Gasteiger partial charge in [-0.05, 0) is 12.1 Å². The summed E-state index contributed by atoms with van der Waals surface area (Å²) in [5.41, 5.74) is 5.12. The molecule has 3 N–H and O–H groups in total. The van der Waals surface area contributed by atoms with Crippen molar-refractivity contribution in [2.45, 2.75) is 5.03 Å². The van der Waals surface area contributed by atoms with E-state index >= 15 is 0 Å². The van der Waals surface area contributed by atoms with Crippen LogP contribution in [-0.4, -0.2) is 23.2 Å². The summed E-state index contributed by atoms with van der Waals surface area (Å²) in [5, 5.41) is 5.86. The lowest BCUT2D eigenvalue weighted by Gasteiger charge is -1.93. The van der Waals surface area contributed by atoms with E-state index in [0.29, 0.717) is 0 Å². The predicted octanol–water partition coefficient (Wildman–Crippen LogP) is -0.695. The fourth-order valence-corrected chi connectivity index (χ4v) is 0.852. The van der Waals surface area contributed by atoms with Gasteiger partial charge in [0.15, 0.2) is 0 Å². The zero-order valence-electron chi connectivity index (χ0n) is 5.30. The number of nitrogen functional groups attached to an aromatic ring is 1. The van der Waals surface area contributed by atoms with Gasteiger partial charge in [-0.3, -0.25) is 4.55 Å². The molecule has 0 aliphatic rings. The topological polar surface area (TPSA) is 106 Å². The summed E-state index contributed by atoms with van der Waals surface area (Å²) < 4.78 is 29.1. The van der Waals surface area contributed by atoms with Crippen molar-refractivity contribution in [2.75, 3.05) is 5.73 Å². The minimum Gasteiger partial charge on any atom is -0.382 e. The van der Waals surface area contributed by atoms with Gasteiger partial charge < -0.3 is 5.73 Å². The summed E-state index contributed by atoms with van der Waals surface area (Å²) in [6.45, 7) is 0. The quantitative estimate of drug-likeness (QED) is 0.547. The number of hydrogen-bond acceptors (Lipinski definition) is 5. The molecule has 0 bridgehead atoms. The van der Waals surface area contributed by atoms with Gasteiger partial charge in [-0.1, -0.05) is 0 Å². The normalized spacial score (nSPS) is 11.4. The van der Waals surface area contributed by atoms with Crippen LogP contribution in [0, 0.1) is 0 Å². The van der Waals surface area contributed by atoms with Gasteiger partial charge in [0.2, 0.25) is 5.03 Å². The third-order valence-electron chi connectivity index (χ3n) is 0.925. The van der Waals surface area contributed by atoms with Crippen LogP contribution in [0.2, 0.25) is 0 Å². The van der Waals surface area contributed by atoms with Crippen molar-refractivity contribution in [3.8, 4) is 0 Å². The number of hydrogen-bond donors (Lipinski definition) is 2. The van der Waals surface area contributed by atoms with Crippen molar-refractivity contribution in [2.24, 2.45) is 0 Å². The molecule has 6 nitrogen and oxygen atoms in total. The maximum atomic E-state index is 10.4. The van der Waals surface area contributed by atoms with E-state index in [9.17, 15) is 8.42 Å². The molecule has 60 valence electrons. The lowest BCUT2D eigenvalue weighted by atomic mass is 10.5. The molecule has 0 atom stereocenters. The van der Waals surface area contributed by atoms with E-state index in [1.54, 1.807) is 0 Å². The molecular formula is C4H5N3O3S. The van der Waals surface area contributed by atoms with E-state index in [1.165, 1.54) is 6.07 Å². The molecule has 0 saturated carbocycles. The molecule has 0 saturated heterocycles. The van der Waals surface area contributed by atoms with Crippen LogP contribution in [0.4, 0.5) is 5.82 Å². The molecule has 1 heterocycles. The summed E-state index contributed by atoms with van der Waals surface area (Å²) in [6.07, 6.45) is 0. The zero-order valence-corrected chi connectivity index (χ0v) is 6.11. The molecule has 0 unspecified atom stereocenters. The van der Waals surface area contributed by atoms with Gasteiger partial charge in [0.25, 0.3) is 0 Å². The first-order valence-corrected chi connectivity index (χ1v) is 4.01. The lowest BCUT2D eigenvalue weighted by molar-refractivity contribution is 0.477. The Morgan fingerprint density at radius 3 is 2.36 bits per heavy atom. The first kappa shape index (κ1) is 7.89. The lowest BCUT2D eigenvalue weighted by Crippen LogP contribution is -2.03. The third-order valence-corrected chi connectivity index (χ3v) is 1.67. The number of nitrogens with two attached hydrogens (primary N) is 1. The SMILES string of the molecule is Nc1ccc(S(=O)(=O)O)nn1. The second-order valence-corrected chi connectivity index (χ2v) is 3.14. The summed E-state index contributed by atoms with van der Waals surface area (Å²) >= 11 is 0. The second kappa shape index (κ2) is 2.44. The largest absolute Gasteiger partial charge is 0.382 e. The molecule has 1 aromatic rings. The highest BCUT2D eigenvalue weighted by Crippen LogP contribution is 2.03. The standard InChI is InChI=1S/C4H5N3O3S/c5-3-1-2-4(7-6-3)11(8,9)10/h1-2H,(H2,5,6)(H,8,9,10). The highest BCUT2D eigenvalue weighted by molar-refractivity contribution is 7.85. The summed E-state index contributed by atoms with van der Waals surface area (Å²) in [4.78, 5) is 0. The predicted molar refractivity (Wildman–Crippen MR) is 36.3 cm³/mol. The van der Waals surface area contributed by atoms with Crippen molar-refractivity contribution in [3.05, 3.63) is 12.1 Å². The monoisotopic (exact) mass is 175 g/mol. The van der Waals surface area contributed by atoms with Crippen molar-refractivity contribution < 1.29 is 13.0 Å². The van der Waals surface area contributed by atoms with Crippen molar-refractivity contribution in [1.29, 1.82) is 0 Å². The summed E-state index contributed by atoms with van der Waals surface area (Å²) in [7, 11) is -4.25. The van der Waals surface area contributed by atoms with E-state index in [2.05, 4.69) is 10.2 Å². The van der Waals surface area contributed by atoms with Crippen molar-refractivity contribution in [3.63, 3.8) is 0 Å². The highest BCUT2D eigenvalue weighted by Gasteiger charge is 2.10. The number of rotatable bonds is 1. The molecule has 0 aromatic carbocycles. The zero-order chi connectivity index (χ0) is 8.48. The number of aromatic nitrogens is 2. The molecule has 0 radical (unpaired) electrons. The highest BCUT2D eigenvalue weighted by atomic mass is 32.2. The third kappa shape index (κ3) is 1.85. The van der Waals surface area contributed by atoms with Crippen LogP contribution in [0.3, 0.4) is 0 Å². The van der Waals surface area contributed by atoms with Gasteiger partial charge in [-0.15, -0.1) is 10.2 Å². The fourth-order valence-electron chi connectivity index (χ4n) is 0.468. The number of nitrogens with zero attached hydrogens (tertiary/aromatic N) is 2. The molecule has 0 spiro atoms. The van der Waals surface area contributed by atoms with Gasteiger partial charge in [0.1, 0.15) is 5.82 Å². The summed E-state index contributed by atoms with van der Waals surface area (Å²) in [5.74, 6) is 0.0948. The minimum absolute atomic E-state index is 0.0948. The second-order valence-electron chi connectivity index (χ2n) is 1.77. The molecule has 0 amide bonds. The van der Waals surface area contributed by atoms with Gasteiger partial charge in [0.05, 0.1) is 0 Å². The Morgan fingerprint density at radius 2 is 2.00 bits per heavy atom. The molecule has 0 aliphatic carbocycles. The van der Waals surface area contributed by atoms with Gasteiger partial charge in [-0.2, -0.15) is 8.42 Å². The molecule has 0 fully saturated rings. The van der Waals surface area contributed by atoms with Gasteiger partial charge in [0, 0.05) is 0 Å². The minimum atomic E-state index is -4.25. The molecule has 7 heteroatoms. The van der Waals surface area contributed by atoms with Crippen LogP contribution in [0.1, 0.15) is 0 Å². The van der Waals surface area contributed by atoms with E-state index in [4.69, 9.17) is 10.3 Å². The van der Waals surface area contributed by atoms with Crippen LogP contribution < -0.4 is 5.73 Å². The Kier molecular flexibility index (Phi) is 1.75. The molecule has 1 aromatic heterocycles. The summed E-state index contributed by atoms with van der Waals surface area (Å²) in [6, 6.07) is 2.30. The van der Waals surface area contributed by atoms with Crippen LogP contribution in [-0.2, 0) is 10.1 Å². The maximum Gasteiger partial charge on any atom is 0.314 e. The van der Waals surface area contributed by atoms with Crippen molar-refractivity contribution in [1.82, 2.24) is 10.2 Å². The van der Waals surface area contributed by atoms with E-state index < -0.39 is 15.1 Å². The smallest absolute Gasteiger partial charge is 0.314 e. The Balaban J connectivity index is 3.20. The first-order chi connectivity index (χ1) is 5.00. The van der Waals surface area contributed by atoms with Crippen LogP contribution in [0.25, 0.3) is 0 Å². The van der Waals surface area contributed by atoms with E-state index in [-0.39, 0.29) is 5.82 Å². The van der Waals surface area contributed by atoms with Crippen molar-refractivity contribution >= 4 is 15.9 Å². The van der Waals surface area contributed by atoms with Crippen LogP contribution in [0.15, 0.2) is 17.2 Å². The molecular weight excluding hydrogens is 170 g/mol. The Bertz CT molecular complexity index is 343. The maximum absolute atomic E-state index is 10.4. The Morgan fingerprint density at radius 1 is 1.36 bits per heavy atom. The molecule has 11 heavy (non-hydrogen) atoms. The van der Waals surface area contributed by atoms with Gasteiger partial charge in [-0.25, -0.2) is 0 Å². The number of anilines is 1. The molecule has 1 rings (SSSR count). The van der Waals surface area contributed by atoms with E-state index in [1.807, 2.05) is 0 Å².